The van der Waals surface area contributed by atoms with Crippen LogP contribution in [0.3, 0.4) is 0 Å². The molecule has 0 amide bonds. The number of hydrogen-bond acceptors (Lipinski definition) is 2. The summed E-state index contributed by atoms with van der Waals surface area (Å²) in [5, 5.41) is 4.30. The Morgan fingerprint density at radius 3 is 2.53 bits per heavy atom. The van der Waals surface area contributed by atoms with E-state index < -0.39 is 0 Å². The van der Waals surface area contributed by atoms with E-state index in [2.05, 4.69) is 23.3 Å². The first kappa shape index (κ1) is 11.6. The Labute approximate surface area is 101 Å². The third-order valence-corrected chi connectivity index (χ3v) is 2.98. The summed E-state index contributed by atoms with van der Waals surface area (Å²) in [5.74, 6) is 0.0547. The van der Waals surface area contributed by atoms with E-state index in [9.17, 15) is 4.79 Å². The Morgan fingerprint density at radius 1 is 1.24 bits per heavy atom. The van der Waals surface area contributed by atoms with Crippen molar-refractivity contribution >= 4 is 5.78 Å². The molecule has 0 radical (unpaired) electrons. The molecule has 3 nitrogen and oxygen atoms in total. The Balaban J connectivity index is 2.61. The minimum Gasteiger partial charge on any atom is -0.294 e. The summed E-state index contributed by atoms with van der Waals surface area (Å²) in [6, 6.07) is 6.22. The van der Waals surface area contributed by atoms with Gasteiger partial charge in [-0.25, -0.2) is 4.68 Å². The van der Waals surface area contributed by atoms with Gasteiger partial charge in [-0.2, -0.15) is 5.10 Å². The molecule has 2 rings (SSSR count). The average molecular weight is 228 g/mol. The number of carbonyl (C=O) groups is 1. The van der Waals surface area contributed by atoms with Gasteiger partial charge >= 0.3 is 0 Å². The van der Waals surface area contributed by atoms with Crippen molar-refractivity contribution in [2.75, 3.05) is 0 Å². The van der Waals surface area contributed by atoms with Crippen LogP contribution in [-0.4, -0.2) is 15.6 Å². The fourth-order valence-electron chi connectivity index (χ4n) is 1.95. The number of aryl methyl sites for hydroxylation is 2. The molecule has 1 aromatic heterocycles. The Kier molecular flexibility index (Phi) is 2.84. The first-order valence-electron chi connectivity index (χ1n) is 5.64. The lowest BCUT2D eigenvalue weighted by Crippen LogP contribution is -2.03. The molecule has 0 atom stereocenters. The van der Waals surface area contributed by atoms with Crippen LogP contribution in [0.4, 0.5) is 0 Å². The van der Waals surface area contributed by atoms with E-state index >= 15 is 0 Å². The Bertz CT molecular complexity index is 582. The van der Waals surface area contributed by atoms with Crippen LogP contribution in [0.15, 0.2) is 24.4 Å². The molecular weight excluding hydrogens is 212 g/mol. The van der Waals surface area contributed by atoms with Gasteiger partial charge in [-0.3, -0.25) is 4.79 Å². The summed E-state index contributed by atoms with van der Waals surface area (Å²) in [6.07, 6.45) is 1.64. The van der Waals surface area contributed by atoms with Crippen LogP contribution in [0.2, 0.25) is 0 Å². The first-order valence-corrected chi connectivity index (χ1v) is 5.64. The van der Waals surface area contributed by atoms with Gasteiger partial charge in [-0.05, 0) is 44.9 Å². The highest BCUT2D eigenvalue weighted by Crippen LogP contribution is 2.19. The molecule has 17 heavy (non-hydrogen) atoms. The van der Waals surface area contributed by atoms with Crippen LogP contribution in [0, 0.1) is 20.8 Å². The summed E-state index contributed by atoms with van der Waals surface area (Å²) < 4.78 is 1.83. The summed E-state index contributed by atoms with van der Waals surface area (Å²) >= 11 is 0. The Morgan fingerprint density at radius 2 is 1.94 bits per heavy atom. The SMILES string of the molecule is CC(=O)c1cnn(-c2cc(C)ccc2C)c1C. The highest BCUT2D eigenvalue weighted by atomic mass is 16.1. The molecule has 0 fully saturated rings. The number of benzene rings is 1. The smallest absolute Gasteiger partial charge is 0.163 e. The lowest BCUT2D eigenvalue weighted by molar-refractivity contribution is 0.101. The lowest BCUT2D eigenvalue weighted by atomic mass is 10.1. The third kappa shape index (κ3) is 2.00. The first-order chi connectivity index (χ1) is 8.00. The molecule has 0 spiro atoms. The van der Waals surface area contributed by atoms with Gasteiger partial charge in [0.15, 0.2) is 5.78 Å². The highest BCUT2D eigenvalue weighted by Gasteiger charge is 2.12. The zero-order chi connectivity index (χ0) is 12.6. The van der Waals surface area contributed by atoms with Gasteiger partial charge in [-0.1, -0.05) is 12.1 Å². The summed E-state index contributed by atoms with van der Waals surface area (Å²) in [7, 11) is 0. The molecule has 1 heterocycles. The molecule has 0 N–H and O–H groups in total. The average Bonchev–Trinajstić information content (AvgIpc) is 2.64. The van der Waals surface area contributed by atoms with Gasteiger partial charge in [0, 0.05) is 0 Å². The predicted molar refractivity (Wildman–Crippen MR) is 67.8 cm³/mol. The van der Waals surface area contributed by atoms with Crippen molar-refractivity contribution in [3.63, 3.8) is 0 Å². The predicted octanol–water partition coefficient (Wildman–Crippen LogP) is 3.00. The zero-order valence-electron chi connectivity index (χ0n) is 10.6. The van der Waals surface area contributed by atoms with E-state index in [4.69, 9.17) is 0 Å². The molecule has 3 heteroatoms. The molecule has 0 unspecified atom stereocenters. The second kappa shape index (κ2) is 4.17. The number of Topliss-reactive ketones (excluding diaryl/α,β-unsaturated/α-hetero) is 1. The quantitative estimate of drug-likeness (QED) is 0.740. The summed E-state index contributed by atoms with van der Waals surface area (Å²) in [5.41, 5.74) is 4.95. The summed E-state index contributed by atoms with van der Waals surface area (Å²) in [6.45, 7) is 7.58. The van der Waals surface area contributed by atoms with Gasteiger partial charge in [0.05, 0.1) is 23.1 Å². The maximum absolute atomic E-state index is 11.4. The molecule has 0 saturated carbocycles. The van der Waals surface area contributed by atoms with Crippen LogP contribution in [0.1, 0.15) is 34.1 Å². The van der Waals surface area contributed by atoms with Crippen molar-refractivity contribution in [3.05, 3.63) is 46.8 Å². The highest BCUT2D eigenvalue weighted by molar-refractivity contribution is 5.95. The van der Waals surface area contributed by atoms with Crippen LogP contribution in [0.5, 0.6) is 0 Å². The number of rotatable bonds is 2. The topological polar surface area (TPSA) is 34.9 Å². The zero-order valence-corrected chi connectivity index (χ0v) is 10.6. The van der Waals surface area contributed by atoms with Gasteiger partial charge in [0.25, 0.3) is 0 Å². The van der Waals surface area contributed by atoms with Crippen LogP contribution >= 0.6 is 0 Å². The van der Waals surface area contributed by atoms with Crippen molar-refractivity contribution < 1.29 is 4.79 Å². The van der Waals surface area contributed by atoms with E-state index in [1.165, 1.54) is 5.56 Å². The van der Waals surface area contributed by atoms with E-state index in [1.807, 2.05) is 25.5 Å². The van der Waals surface area contributed by atoms with Crippen molar-refractivity contribution in [2.24, 2.45) is 0 Å². The largest absolute Gasteiger partial charge is 0.294 e. The van der Waals surface area contributed by atoms with Crippen molar-refractivity contribution in [3.8, 4) is 5.69 Å². The molecule has 0 aliphatic rings. The molecule has 0 saturated heterocycles. The third-order valence-electron chi connectivity index (χ3n) is 2.98. The van der Waals surface area contributed by atoms with Gasteiger partial charge in [0.1, 0.15) is 0 Å². The number of hydrogen-bond donors (Lipinski definition) is 0. The number of nitrogens with zero attached hydrogens (tertiary/aromatic N) is 2. The minimum absolute atomic E-state index is 0.0547. The molecule has 0 aliphatic carbocycles. The van der Waals surface area contributed by atoms with E-state index in [0.29, 0.717) is 5.56 Å². The molecular formula is C14H16N2O. The van der Waals surface area contributed by atoms with E-state index in [-0.39, 0.29) is 5.78 Å². The van der Waals surface area contributed by atoms with E-state index in [0.717, 1.165) is 16.9 Å². The second-order valence-corrected chi connectivity index (χ2v) is 4.40. The number of aromatic nitrogens is 2. The van der Waals surface area contributed by atoms with Crippen LogP contribution in [0.25, 0.3) is 5.69 Å². The van der Waals surface area contributed by atoms with Crippen molar-refractivity contribution in [1.29, 1.82) is 0 Å². The maximum atomic E-state index is 11.4. The lowest BCUT2D eigenvalue weighted by Gasteiger charge is -2.09. The van der Waals surface area contributed by atoms with Gasteiger partial charge in [-0.15, -0.1) is 0 Å². The second-order valence-electron chi connectivity index (χ2n) is 4.40. The number of carbonyl (C=O) groups excluding carboxylic acids is 1. The molecule has 1 aromatic carbocycles. The molecule has 0 aliphatic heterocycles. The molecule has 0 bridgehead atoms. The fraction of sp³-hybridized carbons (Fsp3) is 0.286. The van der Waals surface area contributed by atoms with Crippen molar-refractivity contribution in [1.82, 2.24) is 9.78 Å². The minimum atomic E-state index is 0.0547. The summed E-state index contributed by atoms with van der Waals surface area (Å²) in [4.78, 5) is 11.4. The van der Waals surface area contributed by atoms with Crippen LogP contribution < -0.4 is 0 Å². The fourth-order valence-corrected chi connectivity index (χ4v) is 1.95. The standard InChI is InChI=1S/C14H16N2O/c1-9-5-6-10(2)14(7-9)16-11(3)13(8-15-16)12(4)17/h5-8H,1-4H3. The van der Waals surface area contributed by atoms with Crippen molar-refractivity contribution in [2.45, 2.75) is 27.7 Å². The van der Waals surface area contributed by atoms with Gasteiger partial charge < -0.3 is 0 Å². The number of ketones is 1. The van der Waals surface area contributed by atoms with E-state index in [1.54, 1.807) is 13.1 Å². The molecule has 2 aromatic rings. The van der Waals surface area contributed by atoms with Crippen LogP contribution in [-0.2, 0) is 0 Å². The Hall–Kier alpha value is -1.90. The normalized spacial score (nSPS) is 10.6. The molecule has 88 valence electrons. The maximum Gasteiger partial charge on any atom is 0.163 e. The van der Waals surface area contributed by atoms with Gasteiger partial charge in [0.2, 0.25) is 0 Å². The monoisotopic (exact) mass is 228 g/mol.